The topological polar surface area (TPSA) is 52.6 Å². The largest absolute Gasteiger partial charge is 0.481 e. The molecule has 2 heterocycles. The normalized spacial score (nSPS) is 11.1. The van der Waals surface area contributed by atoms with Crippen LogP contribution in [0.4, 0.5) is 0 Å². The summed E-state index contributed by atoms with van der Waals surface area (Å²) in [5.74, 6) is 0.594. The Balaban J connectivity index is 1.83. The van der Waals surface area contributed by atoms with Gasteiger partial charge in [0.2, 0.25) is 16.9 Å². The predicted molar refractivity (Wildman–Crippen MR) is 106 cm³/mol. The number of furan rings is 1. The van der Waals surface area contributed by atoms with Gasteiger partial charge >= 0.3 is 0 Å². The molecule has 27 heavy (non-hydrogen) atoms. The van der Waals surface area contributed by atoms with Gasteiger partial charge in [-0.1, -0.05) is 40.9 Å². The fourth-order valence-electron chi connectivity index (χ4n) is 2.64. The van der Waals surface area contributed by atoms with Crippen molar-refractivity contribution >= 4 is 45.8 Å². The van der Waals surface area contributed by atoms with Gasteiger partial charge in [-0.25, -0.2) is 0 Å². The second-order valence-corrected chi connectivity index (χ2v) is 7.01. The maximum atomic E-state index is 13.0. The summed E-state index contributed by atoms with van der Waals surface area (Å²) in [6, 6.07) is 13.2. The van der Waals surface area contributed by atoms with Crippen LogP contribution in [0.2, 0.25) is 15.1 Å². The Morgan fingerprint density at radius 1 is 0.963 bits per heavy atom. The van der Waals surface area contributed by atoms with E-state index in [1.807, 2.05) is 0 Å². The van der Waals surface area contributed by atoms with E-state index < -0.39 is 0 Å². The van der Waals surface area contributed by atoms with E-state index in [4.69, 9.17) is 48.4 Å². The average Bonchev–Trinajstić information content (AvgIpc) is 3.17. The molecule has 7 heteroatoms. The highest BCUT2D eigenvalue weighted by Gasteiger charge is 2.20. The van der Waals surface area contributed by atoms with Gasteiger partial charge in [-0.15, -0.1) is 0 Å². The second kappa shape index (κ2) is 7.31. The van der Waals surface area contributed by atoms with Crippen LogP contribution in [0.1, 0.15) is 5.56 Å². The molecule has 0 saturated heterocycles. The standard InChI is InChI=1S/C20H11Cl3O4/c21-12-5-6-16-14(8-12)18(24)20(19(27-16)17-2-1-7-25-17)26-10-11-3-4-13(22)9-15(11)23/h1-9H,10H2. The maximum Gasteiger partial charge on any atom is 0.235 e. The molecule has 0 aliphatic carbocycles. The van der Waals surface area contributed by atoms with Crippen molar-refractivity contribution in [2.24, 2.45) is 0 Å². The Bertz CT molecular complexity index is 1180. The number of halogens is 3. The summed E-state index contributed by atoms with van der Waals surface area (Å²) in [5, 5.41) is 1.69. The van der Waals surface area contributed by atoms with Crippen molar-refractivity contribution in [3.63, 3.8) is 0 Å². The monoisotopic (exact) mass is 420 g/mol. The third kappa shape index (κ3) is 3.56. The number of ether oxygens (including phenoxy) is 1. The number of hydrogen-bond acceptors (Lipinski definition) is 4. The molecule has 136 valence electrons. The molecule has 2 aromatic heterocycles. The molecular weight excluding hydrogens is 411 g/mol. The molecule has 4 aromatic rings. The van der Waals surface area contributed by atoms with E-state index in [1.165, 1.54) is 12.3 Å². The third-order valence-corrected chi connectivity index (χ3v) is 4.76. The van der Waals surface area contributed by atoms with Crippen molar-refractivity contribution in [3.05, 3.63) is 85.6 Å². The fraction of sp³-hybridized carbons (Fsp3) is 0.0500. The van der Waals surface area contributed by atoms with Gasteiger partial charge < -0.3 is 13.6 Å². The summed E-state index contributed by atoms with van der Waals surface area (Å²) in [4.78, 5) is 13.0. The minimum Gasteiger partial charge on any atom is -0.481 e. The summed E-state index contributed by atoms with van der Waals surface area (Å²) < 4.78 is 17.1. The van der Waals surface area contributed by atoms with E-state index in [0.29, 0.717) is 37.4 Å². The van der Waals surface area contributed by atoms with Gasteiger partial charge in [-0.3, -0.25) is 4.79 Å². The van der Waals surface area contributed by atoms with E-state index in [1.54, 1.807) is 42.5 Å². The second-order valence-electron chi connectivity index (χ2n) is 5.73. The van der Waals surface area contributed by atoms with Gasteiger partial charge in [0.25, 0.3) is 0 Å². The first-order chi connectivity index (χ1) is 13.0. The highest BCUT2D eigenvalue weighted by molar-refractivity contribution is 6.35. The number of rotatable bonds is 4. The molecule has 2 aromatic carbocycles. The Hall–Kier alpha value is -2.40. The van der Waals surface area contributed by atoms with Crippen molar-refractivity contribution in [1.82, 2.24) is 0 Å². The van der Waals surface area contributed by atoms with Gasteiger partial charge in [-0.2, -0.15) is 0 Å². The number of hydrogen-bond donors (Lipinski definition) is 0. The Morgan fingerprint density at radius 3 is 2.48 bits per heavy atom. The van der Waals surface area contributed by atoms with Gasteiger partial charge in [0, 0.05) is 20.6 Å². The van der Waals surface area contributed by atoms with Crippen LogP contribution < -0.4 is 10.2 Å². The van der Waals surface area contributed by atoms with Crippen LogP contribution >= 0.6 is 34.8 Å². The van der Waals surface area contributed by atoms with Gasteiger partial charge in [0.05, 0.1) is 11.6 Å². The van der Waals surface area contributed by atoms with Crippen molar-refractivity contribution in [1.29, 1.82) is 0 Å². The Kier molecular flexibility index (Phi) is 4.87. The van der Waals surface area contributed by atoms with Crippen LogP contribution in [-0.2, 0) is 6.61 Å². The zero-order chi connectivity index (χ0) is 19.0. The molecule has 0 N–H and O–H groups in total. The first-order valence-corrected chi connectivity index (χ1v) is 9.03. The molecule has 4 rings (SSSR count). The molecule has 0 amide bonds. The van der Waals surface area contributed by atoms with E-state index in [0.717, 1.165) is 0 Å². The SMILES string of the molecule is O=c1c(OCc2ccc(Cl)cc2Cl)c(-c2ccco2)oc2ccc(Cl)cc12. The van der Waals surface area contributed by atoms with E-state index in [2.05, 4.69) is 0 Å². The first-order valence-electron chi connectivity index (χ1n) is 7.90. The lowest BCUT2D eigenvalue weighted by atomic mass is 10.2. The molecular formula is C20H11Cl3O4. The quantitative estimate of drug-likeness (QED) is 0.373. The van der Waals surface area contributed by atoms with Gasteiger partial charge in [0.1, 0.15) is 12.2 Å². The average molecular weight is 422 g/mol. The van der Waals surface area contributed by atoms with Gasteiger partial charge in [0.15, 0.2) is 5.76 Å². The molecule has 0 bridgehead atoms. The van der Waals surface area contributed by atoms with Crippen LogP contribution in [0.5, 0.6) is 5.75 Å². The summed E-state index contributed by atoms with van der Waals surface area (Å²) in [6.45, 7) is 0.0561. The Morgan fingerprint density at radius 2 is 1.74 bits per heavy atom. The third-order valence-electron chi connectivity index (χ3n) is 3.94. The smallest absolute Gasteiger partial charge is 0.235 e. The van der Waals surface area contributed by atoms with Gasteiger partial charge in [-0.05, 0) is 42.5 Å². The van der Waals surface area contributed by atoms with Crippen molar-refractivity contribution in [2.75, 3.05) is 0 Å². The predicted octanol–water partition coefficient (Wildman–Crippen LogP) is 6.59. The lowest BCUT2D eigenvalue weighted by Crippen LogP contribution is -2.10. The van der Waals surface area contributed by atoms with E-state index in [-0.39, 0.29) is 23.5 Å². The van der Waals surface area contributed by atoms with Crippen molar-refractivity contribution in [2.45, 2.75) is 6.61 Å². The van der Waals surface area contributed by atoms with Crippen molar-refractivity contribution < 1.29 is 13.6 Å². The molecule has 0 aliphatic heterocycles. The lowest BCUT2D eigenvalue weighted by Gasteiger charge is -2.11. The van der Waals surface area contributed by atoms with Crippen LogP contribution in [0.15, 0.2) is 68.4 Å². The lowest BCUT2D eigenvalue weighted by molar-refractivity contribution is 0.296. The van der Waals surface area contributed by atoms with E-state index >= 15 is 0 Å². The fourth-order valence-corrected chi connectivity index (χ4v) is 3.28. The van der Waals surface area contributed by atoms with Crippen LogP contribution in [0.3, 0.4) is 0 Å². The van der Waals surface area contributed by atoms with Crippen LogP contribution in [0, 0.1) is 0 Å². The van der Waals surface area contributed by atoms with E-state index in [9.17, 15) is 4.79 Å². The van der Waals surface area contributed by atoms with Crippen LogP contribution in [0.25, 0.3) is 22.5 Å². The first kappa shape index (κ1) is 18.0. The molecule has 0 atom stereocenters. The molecule has 0 saturated carbocycles. The molecule has 0 unspecified atom stereocenters. The maximum absolute atomic E-state index is 13.0. The summed E-state index contributed by atoms with van der Waals surface area (Å²) >= 11 is 18.1. The molecule has 0 aliphatic rings. The molecule has 0 radical (unpaired) electrons. The van der Waals surface area contributed by atoms with Crippen molar-refractivity contribution in [3.8, 4) is 17.3 Å². The minimum absolute atomic E-state index is 0.0192. The summed E-state index contributed by atoms with van der Waals surface area (Å²) in [7, 11) is 0. The summed E-state index contributed by atoms with van der Waals surface area (Å²) in [5.41, 5.74) is 0.708. The zero-order valence-electron chi connectivity index (χ0n) is 13.7. The number of fused-ring (bicyclic) bond motifs is 1. The Labute approximate surface area is 168 Å². The molecule has 0 fully saturated rings. The molecule has 4 nitrogen and oxygen atoms in total. The zero-order valence-corrected chi connectivity index (χ0v) is 15.9. The van der Waals surface area contributed by atoms with Crippen LogP contribution in [-0.4, -0.2) is 0 Å². The minimum atomic E-state index is -0.352. The highest BCUT2D eigenvalue weighted by atomic mass is 35.5. The number of benzene rings is 2. The molecule has 0 spiro atoms. The summed E-state index contributed by atoms with van der Waals surface area (Å²) in [6.07, 6.45) is 1.49. The highest BCUT2D eigenvalue weighted by Crippen LogP contribution is 2.33.